The van der Waals surface area contributed by atoms with Crippen molar-refractivity contribution in [2.45, 2.75) is 33.4 Å². The van der Waals surface area contributed by atoms with Crippen molar-refractivity contribution >= 4 is 29.0 Å². The Morgan fingerprint density at radius 2 is 1.97 bits per heavy atom. The van der Waals surface area contributed by atoms with Crippen LogP contribution in [0.2, 0.25) is 5.02 Å². The summed E-state index contributed by atoms with van der Waals surface area (Å²) >= 11 is 6.11. The van der Waals surface area contributed by atoms with Crippen LogP contribution in [0.3, 0.4) is 0 Å². The number of rotatable bonds is 6. The lowest BCUT2D eigenvalue weighted by molar-refractivity contribution is 0.102. The summed E-state index contributed by atoms with van der Waals surface area (Å²) in [5, 5.41) is 3.20. The largest absolute Gasteiger partial charge is 0.487 e. The quantitative estimate of drug-likeness (QED) is 0.473. The summed E-state index contributed by atoms with van der Waals surface area (Å²) < 4.78 is 9.07. The zero-order valence-corrected chi connectivity index (χ0v) is 18.6. The first kappa shape index (κ1) is 21.6. The summed E-state index contributed by atoms with van der Waals surface area (Å²) in [6, 6.07) is 13.7. The fourth-order valence-electron chi connectivity index (χ4n) is 3.24. The lowest BCUT2D eigenvalue weighted by atomic mass is 10.1. The number of hydrogen-bond donors (Lipinski definition) is 1. The molecule has 0 radical (unpaired) electrons. The fraction of sp³-hybridized carbons (Fsp3) is 0.217. The molecule has 32 heavy (non-hydrogen) atoms. The molecular weight excluding hydrogens is 430 g/mol. The molecular formula is C23H22ClN5O3. The predicted molar refractivity (Wildman–Crippen MR) is 123 cm³/mol. The second-order valence-corrected chi connectivity index (χ2v) is 8.03. The monoisotopic (exact) mass is 451 g/mol. The Bertz CT molecular complexity index is 1360. The fourth-order valence-corrected chi connectivity index (χ4v) is 3.46. The van der Waals surface area contributed by atoms with Gasteiger partial charge in [0, 0.05) is 23.9 Å². The summed E-state index contributed by atoms with van der Waals surface area (Å²) in [7, 11) is 0. The van der Waals surface area contributed by atoms with E-state index < -0.39 is 0 Å². The van der Waals surface area contributed by atoms with Gasteiger partial charge in [-0.2, -0.15) is 9.50 Å². The number of nitrogens with one attached hydrogen (secondary N) is 1. The van der Waals surface area contributed by atoms with E-state index in [1.54, 1.807) is 47.4 Å². The van der Waals surface area contributed by atoms with E-state index in [2.05, 4.69) is 15.3 Å². The minimum atomic E-state index is -0.314. The van der Waals surface area contributed by atoms with Gasteiger partial charge in [-0.25, -0.2) is 4.98 Å². The van der Waals surface area contributed by atoms with Crippen LogP contribution in [-0.2, 0) is 6.61 Å². The third-order valence-electron chi connectivity index (χ3n) is 4.92. The molecule has 0 aliphatic carbocycles. The third-order valence-corrected chi connectivity index (χ3v) is 5.25. The Balaban J connectivity index is 1.52. The van der Waals surface area contributed by atoms with Crippen molar-refractivity contribution in [3.05, 3.63) is 87.1 Å². The highest BCUT2D eigenvalue weighted by Gasteiger charge is 2.13. The van der Waals surface area contributed by atoms with E-state index in [1.807, 2.05) is 26.8 Å². The Kier molecular flexibility index (Phi) is 5.96. The van der Waals surface area contributed by atoms with Crippen LogP contribution in [0.5, 0.6) is 5.75 Å². The van der Waals surface area contributed by atoms with E-state index in [0.29, 0.717) is 33.5 Å². The number of nitrogens with zero attached hydrogens (tertiary/aromatic N) is 4. The van der Waals surface area contributed by atoms with Gasteiger partial charge >= 0.3 is 0 Å². The number of halogens is 1. The van der Waals surface area contributed by atoms with Gasteiger partial charge in [0.15, 0.2) is 0 Å². The summed E-state index contributed by atoms with van der Waals surface area (Å²) in [6.45, 7) is 5.91. The molecule has 4 rings (SSSR count). The molecule has 0 bridgehead atoms. The molecule has 2 aromatic carbocycles. The Labute approximate surface area is 189 Å². The highest BCUT2D eigenvalue weighted by molar-refractivity contribution is 6.34. The number of hydrogen-bond acceptors (Lipinski definition) is 5. The van der Waals surface area contributed by atoms with Crippen LogP contribution in [0.25, 0.3) is 5.78 Å². The summed E-state index contributed by atoms with van der Waals surface area (Å²) in [5.41, 5.74) is 2.07. The zero-order valence-electron chi connectivity index (χ0n) is 17.9. The van der Waals surface area contributed by atoms with Gasteiger partial charge < -0.3 is 10.1 Å². The first-order chi connectivity index (χ1) is 15.3. The van der Waals surface area contributed by atoms with E-state index in [0.717, 1.165) is 5.56 Å². The van der Waals surface area contributed by atoms with Crippen LogP contribution in [0.4, 0.5) is 5.69 Å². The van der Waals surface area contributed by atoms with Gasteiger partial charge in [-0.1, -0.05) is 29.8 Å². The highest BCUT2D eigenvalue weighted by atomic mass is 35.5. The molecule has 0 aliphatic heterocycles. The molecule has 9 heteroatoms. The smallest absolute Gasteiger partial charge is 0.274 e. The molecule has 0 saturated carbocycles. The van der Waals surface area contributed by atoms with Crippen LogP contribution in [0.15, 0.2) is 59.7 Å². The molecule has 1 N–H and O–H groups in total. The lowest BCUT2D eigenvalue weighted by Gasteiger charge is -2.12. The normalized spacial score (nSPS) is 11.2. The van der Waals surface area contributed by atoms with Crippen molar-refractivity contribution in [3.8, 4) is 5.75 Å². The van der Waals surface area contributed by atoms with Crippen molar-refractivity contribution in [3.63, 3.8) is 0 Å². The van der Waals surface area contributed by atoms with Crippen molar-refractivity contribution in [1.29, 1.82) is 0 Å². The van der Waals surface area contributed by atoms with E-state index in [-0.39, 0.29) is 24.1 Å². The Hall–Kier alpha value is -3.65. The number of carbonyl (C=O) groups excluding carboxylic acids is 1. The Morgan fingerprint density at radius 1 is 1.19 bits per heavy atom. The maximum atomic E-state index is 12.6. The number of aromatic nitrogens is 4. The molecule has 8 nitrogen and oxygen atoms in total. The van der Waals surface area contributed by atoms with Crippen LogP contribution in [0, 0.1) is 6.92 Å². The highest BCUT2D eigenvalue weighted by Crippen LogP contribution is 2.25. The molecule has 0 spiro atoms. The van der Waals surface area contributed by atoms with E-state index in [4.69, 9.17) is 16.3 Å². The van der Waals surface area contributed by atoms with Gasteiger partial charge in [0.05, 0.1) is 16.3 Å². The van der Waals surface area contributed by atoms with Crippen LogP contribution in [-0.4, -0.2) is 25.1 Å². The maximum absolute atomic E-state index is 12.6. The minimum Gasteiger partial charge on any atom is -0.487 e. The standard InChI is InChI=1S/C23H22ClN5O3/c1-14(2)28-13-25-23-27-17(11-21(30)29(23)28)12-32-20-10-16(9-8-15(20)3)26-22(31)18-6-4-5-7-19(18)24/h4-11,13-14H,12H2,1-3H3,(H,26,31). The van der Waals surface area contributed by atoms with E-state index in [1.165, 1.54) is 10.6 Å². The van der Waals surface area contributed by atoms with Crippen molar-refractivity contribution in [2.75, 3.05) is 5.32 Å². The number of amides is 1. The number of anilines is 1. The van der Waals surface area contributed by atoms with Gasteiger partial charge in [-0.05, 0) is 44.5 Å². The molecule has 0 atom stereocenters. The van der Waals surface area contributed by atoms with Crippen LogP contribution in [0.1, 0.15) is 41.5 Å². The van der Waals surface area contributed by atoms with Gasteiger partial charge in [0.1, 0.15) is 18.7 Å². The summed E-state index contributed by atoms with van der Waals surface area (Å²) in [6.07, 6.45) is 1.59. The first-order valence-corrected chi connectivity index (χ1v) is 10.5. The molecule has 0 unspecified atom stereocenters. The molecule has 164 valence electrons. The average molecular weight is 452 g/mol. The predicted octanol–water partition coefficient (Wildman–Crippen LogP) is 4.27. The minimum absolute atomic E-state index is 0.0768. The topological polar surface area (TPSA) is 90.5 Å². The van der Waals surface area contributed by atoms with Gasteiger partial charge in [0.25, 0.3) is 17.2 Å². The van der Waals surface area contributed by atoms with Crippen molar-refractivity contribution in [2.24, 2.45) is 0 Å². The second kappa shape index (κ2) is 8.84. The maximum Gasteiger partial charge on any atom is 0.274 e. The molecule has 0 saturated heterocycles. The number of aryl methyl sites for hydroxylation is 1. The molecule has 0 fully saturated rings. The molecule has 2 aromatic heterocycles. The number of fused-ring (bicyclic) bond motifs is 1. The summed E-state index contributed by atoms with van der Waals surface area (Å²) in [5.74, 6) is 0.574. The second-order valence-electron chi connectivity index (χ2n) is 7.62. The number of carbonyl (C=O) groups is 1. The van der Waals surface area contributed by atoms with E-state index >= 15 is 0 Å². The van der Waals surface area contributed by atoms with Crippen LogP contribution < -0.4 is 15.6 Å². The first-order valence-electron chi connectivity index (χ1n) is 10.1. The molecule has 0 aliphatic rings. The van der Waals surface area contributed by atoms with Gasteiger partial charge in [0.2, 0.25) is 0 Å². The van der Waals surface area contributed by atoms with Crippen molar-refractivity contribution < 1.29 is 9.53 Å². The van der Waals surface area contributed by atoms with Crippen LogP contribution >= 0.6 is 11.6 Å². The van der Waals surface area contributed by atoms with E-state index in [9.17, 15) is 9.59 Å². The van der Waals surface area contributed by atoms with Gasteiger partial charge in [-0.15, -0.1) is 0 Å². The summed E-state index contributed by atoms with van der Waals surface area (Å²) in [4.78, 5) is 33.7. The van der Waals surface area contributed by atoms with Crippen molar-refractivity contribution in [1.82, 2.24) is 19.2 Å². The SMILES string of the molecule is Cc1ccc(NC(=O)c2ccccc2Cl)cc1OCc1cc(=O)n2c(ncn2C(C)C)n1. The zero-order chi connectivity index (χ0) is 22.8. The number of benzene rings is 2. The molecule has 4 aromatic rings. The third kappa shape index (κ3) is 4.36. The molecule has 1 amide bonds. The number of ether oxygens (including phenoxy) is 1. The van der Waals surface area contributed by atoms with Gasteiger partial charge in [-0.3, -0.25) is 14.3 Å². The average Bonchev–Trinajstić information content (AvgIpc) is 3.19. The molecule has 2 heterocycles. The Morgan fingerprint density at radius 3 is 2.72 bits per heavy atom. The lowest BCUT2D eigenvalue weighted by Crippen LogP contribution is -2.23.